The summed E-state index contributed by atoms with van der Waals surface area (Å²) < 4.78 is 0. The van der Waals surface area contributed by atoms with Gasteiger partial charge in [-0.25, -0.2) is 0 Å². The lowest BCUT2D eigenvalue weighted by molar-refractivity contribution is -0.504. The van der Waals surface area contributed by atoms with E-state index in [0.717, 1.165) is 0 Å². The van der Waals surface area contributed by atoms with Crippen LogP contribution in [0.15, 0.2) is 5.22 Å². The summed E-state index contributed by atoms with van der Waals surface area (Å²) in [5.41, 5.74) is 2.31. The zero-order valence-electron chi connectivity index (χ0n) is 3.80. The van der Waals surface area contributed by atoms with Crippen LogP contribution in [-0.4, -0.2) is 19.0 Å². The van der Waals surface area contributed by atoms with Gasteiger partial charge in [0.1, 0.15) is 7.05 Å². The van der Waals surface area contributed by atoms with Gasteiger partial charge in [-0.05, 0) is 0 Å². The first-order valence-electron chi connectivity index (χ1n) is 1.55. The minimum absolute atomic E-state index is 0.444. The Morgan fingerprint density at radius 1 is 1.83 bits per heavy atom. The molecule has 1 N–H and O–H groups in total. The summed E-state index contributed by atoms with van der Waals surface area (Å²) in [4.78, 5) is 0.444. The van der Waals surface area contributed by atoms with Gasteiger partial charge >= 0.3 is 0 Å². The SMILES string of the molecule is CNN=[N+](C)[O-]. The fourth-order valence-corrected chi connectivity index (χ4v) is 0.141. The molecule has 0 aliphatic rings. The Balaban J connectivity index is 3.14. The Labute approximate surface area is 36.0 Å². The summed E-state index contributed by atoms with van der Waals surface area (Å²) in [6, 6.07) is 0. The van der Waals surface area contributed by atoms with Crippen LogP contribution in [0, 0.1) is 5.21 Å². The third-order valence-electron chi connectivity index (χ3n) is 0.241. The van der Waals surface area contributed by atoms with Crippen molar-refractivity contribution in [3.05, 3.63) is 5.21 Å². The van der Waals surface area contributed by atoms with Gasteiger partial charge < -0.3 is 5.21 Å². The lowest BCUT2D eigenvalue weighted by Gasteiger charge is -1.91. The van der Waals surface area contributed by atoms with E-state index in [1.54, 1.807) is 7.05 Å². The van der Waals surface area contributed by atoms with E-state index in [9.17, 15) is 5.21 Å². The predicted octanol–water partition coefficient (Wildman–Crippen LogP) is -0.287. The summed E-state index contributed by atoms with van der Waals surface area (Å²) >= 11 is 0. The first-order valence-corrected chi connectivity index (χ1v) is 1.55. The molecule has 0 spiro atoms. The summed E-state index contributed by atoms with van der Waals surface area (Å²) in [6.45, 7) is 0. The van der Waals surface area contributed by atoms with Gasteiger partial charge in [-0.3, -0.25) is 0 Å². The van der Waals surface area contributed by atoms with Crippen LogP contribution in [0.1, 0.15) is 0 Å². The monoisotopic (exact) mass is 89.1 g/mol. The highest BCUT2D eigenvalue weighted by atomic mass is 16.5. The van der Waals surface area contributed by atoms with Crippen molar-refractivity contribution in [3.8, 4) is 0 Å². The lowest BCUT2D eigenvalue weighted by Crippen LogP contribution is -2.00. The van der Waals surface area contributed by atoms with Gasteiger partial charge in [0.15, 0.2) is 0 Å². The molecule has 36 valence electrons. The second-order valence-electron chi connectivity index (χ2n) is 0.788. The predicted molar refractivity (Wildman–Crippen MR) is 21.0 cm³/mol. The molecule has 0 aliphatic heterocycles. The number of nitrogens with one attached hydrogen (secondary N) is 1. The highest BCUT2D eigenvalue weighted by Crippen LogP contribution is 1.55. The van der Waals surface area contributed by atoms with E-state index in [1.807, 2.05) is 0 Å². The maximum absolute atomic E-state index is 9.73. The normalized spacial score (nSPS) is 11.3. The molecule has 0 radical (unpaired) electrons. The Hall–Kier alpha value is -0.800. The molecule has 4 heteroatoms. The van der Waals surface area contributed by atoms with Crippen molar-refractivity contribution in [1.82, 2.24) is 5.43 Å². The zero-order chi connectivity index (χ0) is 4.99. The van der Waals surface area contributed by atoms with Crippen LogP contribution < -0.4 is 5.43 Å². The standard InChI is InChI=1S/C2H7N3O/c1-3-4-5(2)6/h3H,1-2H3. The molecule has 0 unspecified atom stereocenters. The second-order valence-corrected chi connectivity index (χ2v) is 0.788. The highest BCUT2D eigenvalue weighted by molar-refractivity contribution is 3.95. The summed E-state index contributed by atoms with van der Waals surface area (Å²) in [5, 5.41) is 12.9. The largest absolute Gasteiger partial charge is 0.696 e. The molecule has 0 bridgehead atoms. The van der Waals surface area contributed by atoms with Crippen LogP contribution in [0.25, 0.3) is 0 Å². The third kappa shape index (κ3) is 3.20. The molecule has 0 aliphatic carbocycles. The Bertz CT molecular complexity index is 55.8. The molecule has 0 saturated carbocycles. The van der Waals surface area contributed by atoms with Crippen molar-refractivity contribution in [3.63, 3.8) is 0 Å². The fourth-order valence-electron chi connectivity index (χ4n) is 0.141. The Morgan fingerprint density at radius 3 is 2.33 bits per heavy atom. The van der Waals surface area contributed by atoms with Crippen molar-refractivity contribution in [2.24, 2.45) is 5.22 Å². The van der Waals surface area contributed by atoms with Crippen molar-refractivity contribution >= 4 is 0 Å². The molecule has 0 saturated heterocycles. The van der Waals surface area contributed by atoms with E-state index in [-0.39, 0.29) is 0 Å². The van der Waals surface area contributed by atoms with Crippen LogP contribution in [0.2, 0.25) is 0 Å². The van der Waals surface area contributed by atoms with Crippen molar-refractivity contribution in [2.75, 3.05) is 14.1 Å². The van der Waals surface area contributed by atoms with Crippen LogP contribution in [0.4, 0.5) is 0 Å². The third-order valence-corrected chi connectivity index (χ3v) is 0.241. The van der Waals surface area contributed by atoms with Crippen LogP contribution >= 0.6 is 0 Å². The molecule has 0 fully saturated rings. The molecule has 0 aromatic rings. The van der Waals surface area contributed by atoms with Crippen LogP contribution in [0.3, 0.4) is 0 Å². The van der Waals surface area contributed by atoms with Crippen molar-refractivity contribution in [1.29, 1.82) is 0 Å². The molecule has 0 heterocycles. The summed E-state index contributed by atoms with van der Waals surface area (Å²) in [6.07, 6.45) is 0. The molecule has 0 aromatic carbocycles. The van der Waals surface area contributed by atoms with E-state index in [0.29, 0.717) is 4.86 Å². The lowest BCUT2D eigenvalue weighted by atomic mass is 11.5. The smallest absolute Gasteiger partial charge is 0.101 e. The van der Waals surface area contributed by atoms with E-state index in [2.05, 4.69) is 10.6 Å². The minimum Gasteiger partial charge on any atom is -0.696 e. The Morgan fingerprint density at radius 2 is 2.33 bits per heavy atom. The van der Waals surface area contributed by atoms with Gasteiger partial charge in [-0.2, -0.15) is 10.3 Å². The molecule has 0 atom stereocenters. The van der Waals surface area contributed by atoms with Gasteiger partial charge in [-0.1, -0.05) is 0 Å². The number of hydrogen-bond donors (Lipinski definition) is 1. The maximum Gasteiger partial charge on any atom is 0.101 e. The summed E-state index contributed by atoms with van der Waals surface area (Å²) in [5.74, 6) is 0. The van der Waals surface area contributed by atoms with Gasteiger partial charge in [0.25, 0.3) is 0 Å². The van der Waals surface area contributed by atoms with Gasteiger partial charge in [-0.15, -0.1) is 0 Å². The van der Waals surface area contributed by atoms with Crippen molar-refractivity contribution in [2.45, 2.75) is 0 Å². The summed E-state index contributed by atoms with van der Waals surface area (Å²) in [7, 11) is 2.87. The van der Waals surface area contributed by atoms with Crippen LogP contribution in [-0.2, 0) is 0 Å². The zero-order valence-corrected chi connectivity index (χ0v) is 3.80. The molecule has 0 rings (SSSR count). The molecule has 6 heavy (non-hydrogen) atoms. The number of rotatable bonds is 1. The number of hydrogen-bond acceptors (Lipinski definition) is 2. The molecular weight excluding hydrogens is 82.0 g/mol. The number of hydroxylamine groups is 1. The second kappa shape index (κ2) is 2.44. The van der Waals surface area contributed by atoms with Gasteiger partial charge in [0, 0.05) is 0 Å². The highest BCUT2D eigenvalue weighted by Gasteiger charge is 1.63. The quantitative estimate of drug-likeness (QED) is 0.273. The molecule has 4 nitrogen and oxygen atoms in total. The topological polar surface area (TPSA) is 50.5 Å². The molecular formula is C2H7N3O. The van der Waals surface area contributed by atoms with E-state index >= 15 is 0 Å². The maximum atomic E-state index is 9.73. The first-order chi connectivity index (χ1) is 2.77. The van der Waals surface area contributed by atoms with Gasteiger partial charge in [0.2, 0.25) is 0 Å². The average Bonchev–Trinajstić information content (AvgIpc) is 1.35. The Kier molecular flexibility index (Phi) is 2.11. The van der Waals surface area contributed by atoms with E-state index in [1.165, 1.54) is 7.05 Å². The van der Waals surface area contributed by atoms with Gasteiger partial charge in [0.05, 0.1) is 12.3 Å². The minimum atomic E-state index is 0.444. The van der Waals surface area contributed by atoms with E-state index < -0.39 is 0 Å². The van der Waals surface area contributed by atoms with Crippen molar-refractivity contribution < 1.29 is 4.86 Å². The molecule has 0 aromatic heterocycles. The van der Waals surface area contributed by atoms with Crippen LogP contribution in [0.5, 0.6) is 0 Å². The molecule has 0 amide bonds. The fraction of sp³-hybridized carbons (Fsp3) is 1.00. The average molecular weight is 89.1 g/mol. The first kappa shape index (κ1) is 5.20. The van der Waals surface area contributed by atoms with E-state index in [4.69, 9.17) is 0 Å². The number of nitrogens with zero attached hydrogens (tertiary/aromatic N) is 2.